The van der Waals surface area contributed by atoms with Crippen LogP contribution >= 0.6 is 0 Å². The molecule has 3 N–H and O–H groups in total. The lowest BCUT2D eigenvalue weighted by atomic mass is 10.1. The Labute approximate surface area is 282 Å². The van der Waals surface area contributed by atoms with Crippen molar-refractivity contribution in [2.24, 2.45) is 0 Å². The number of nitrogens with two attached hydrogens (primary N) is 1. The number of esters is 1. The highest BCUT2D eigenvalue weighted by Crippen LogP contribution is 2.39. The van der Waals surface area contributed by atoms with Gasteiger partial charge < -0.3 is 35.0 Å². The van der Waals surface area contributed by atoms with Crippen LogP contribution in [0.4, 0.5) is 17.2 Å². The number of benzene rings is 2. The number of phenolic OH excluding ortho intramolecular Hbond substituents is 1. The monoisotopic (exact) mass is 657 g/mol. The molecule has 0 aliphatic carbocycles. The summed E-state index contributed by atoms with van der Waals surface area (Å²) in [6.45, 7) is 11.3. The molecule has 3 saturated heterocycles. The minimum atomic E-state index is -0.541. The molecule has 48 heavy (non-hydrogen) atoms. The number of nitrogen functional groups attached to an aromatic ring is 1. The van der Waals surface area contributed by atoms with Gasteiger partial charge in [-0.3, -0.25) is 14.5 Å². The smallest absolute Gasteiger partial charge is 0.306 e. The number of hydrogen-bond acceptors (Lipinski definition) is 11. The summed E-state index contributed by atoms with van der Waals surface area (Å²) in [5.41, 5.74) is 9.03. The highest BCUT2D eigenvalue weighted by Gasteiger charge is 2.41. The molecule has 0 radical (unpaired) electrons. The molecule has 12 heteroatoms. The van der Waals surface area contributed by atoms with Crippen LogP contribution in [0.1, 0.15) is 46.5 Å². The van der Waals surface area contributed by atoms with Crippen LogP contribution in [0.25, 0.3) is 11.3 Å². The first kappa shape index (κ1) is 33.3. The van der Waals surface area contributed by atoms with E-state index in [9.17, 15) is 14.7 Å². The molecule has 3 aliphatic rings. The van der Waals surface area contributed by atoms with Crippen molar-refractivity contribution in [3.05, 3.63) is 54.6 Å². The van der Waals surface area contributed by atoms with E-state index >= 15 is 0 Å². The van der Waals surface area contributed by atoms with E-state index in [0.29, 0.717) is 48.9 Å². The van der Waals surface area contributed by atoms with Gasteiger partial charge in [-0.05, 0) is 63.9 Å². The Morgan fingerprint density at radius 1 is 0.938 bits per heavy atom. The Kier molecular flexibility index (Phi) is 9.91. The zero-order valence-corrected chi connectivity index (χ0v) is 28.2. The quantitative estimate of drug-likeness (QED) is 0.307. The number of nitrogens with zero attached hydrogens (tertiary/aromatic N) is 6. The van der Waals surface area contributed by atoms with Crippen LogP contribution in [-0.4, -0.2) is 107 Å². The van der Waals surface area contributed by atoms with Crippen molar-refractivity contribution in [3.8, 4) is 22.8 Å². The number of anilines is 3. The molecule has 256 valence electrons. The lowest BCUT2D eigenvalue weighted by molar-refractivity contribution is -0.156. The van der Waals surface area contributed by atoms with E-state index in [1.165, 1.54) is 0 Å². The van der Waals surface area contributed by atoms with Gasteiger partial charge in [0, 0.05) is 81.6 Å². The molecule has 0 spiro atoms. The number of fused-ring (bicyclic) bond motifs is 2. The maximum Gasteiger partial charge on any atom is 0.306 e. The fourth-order valence-electron chi connectivity index (χ4n) is 6.99. The summed E-state index contributed by atoms with van der Waals surface area (Å²) in [7, 11) is 0. The first-order valence-electron chi connectivity index (χ1n) is 16.9. The van der Waals surface area contributed by atoms with Crippen LogP contribution < -0.4 is 20.3 Å². The van der Waals surface area contributed by atoms with E-state index in [1.807, 2.05) is 49.9 Å². The summed E-state index contributed by atoms with van der Waals surface area (Å²) < 4.78 is 11.5. The van der Waals surface area contributed by atoms with Gasteiger partial charge in [0.2, 0.25) is 5.91 Å². The molecule has 3 aromatic rings. The van der Waals surface area contributed by atoms with Gasteiger partial charge in [0.05, 0.1) is 17.8 Å². The Balaban J connectivity index is 0.986. The van der Waals surface area contributed by atoms with Crippen molar-refractivity contribution in [3.63, 3.8) is 0 Å². The Hall–Kier alpha value is -4.58. The normalized spacial score (nSPS) is 19.8. The summed E-state index contributed by atoms with van der Waals surface area (Å²) in [6.07, 6.45) is 2.47. The van der Waals surface area contributed by atoms with Crippen LogP contribution in [0.15, 0.2) is 54.6 Å². The van der Waals surface area contributed by atoms with Crippen LogP contribution in [-0.2, 0) is 14.3 Å². The van der Waals surface area contributed by atoms with Gasteiger partial charge in [-0.15, -0.1) is 10.2 Å². The molecule has 12 nitrogen and oxygen atoms in total. The Morgan fingerprint density at radius 2 is 1.67 bits per heavy atom. The number of carbonyl (C=O) groups excluding carboxylic acids is 2. The molecular weight excluding hydrogens is 610 g/mol. The minimum absolute atomic E-state index is 0.00140. The first-order chi connectivity index (χ1) is 23.0. The van der Waals surface area contributed by atoms with E-state index in [4.69, 9.17) is 15.2 Å². The van der Waals surface area contributed by atoms with Crippen molar-refractivity contribution in [2.45, 2.75) is 64.1 Å². The fraction of sp³-hybridized carbons (Fsp3) is 0.500. The SMILES string of the molecule is CC(C)(C)OC(=O)CCC(=O)N1CCN(CCOc2cccc(N3C4CCC3CN(c3cc(-c5ccccc5O)nnc3N)C4)c2)CC1. The molecular formula is C36H47N7O5. The van der Waals surface area contributed by atoms with Crippen molar-refractivity contribution in [1.82, 2.24) is 20.0 Å². The van der Waals surface area contributed by atoms with Crippen molar-refractivity contribution < 1.29 is 24.2 Å². The molecule has 0 saturated carbocycles. The van der Waals surface area contributed by atoms with E-state index in [1.54, 1.807) is 12.1 Å². The largest absolute Gasteiger partial charge is 0.507 e. The Bertz CT molecular complexity index is 1590. The number of phenols is 1. The van der Waals surface area contributed by atoms with Crippen LogP contribution in [0, 0.1) is 0 Å². The topological polar surface area (TPSA) is 138 Å². The van der Waals surface area contributed by atoms with Crippen molar-refractivity contribution in [1.29, 1.82) is 0 Å². The number of aromatic nitrogens is 2. The summed E-state index contributed by atoms with van der Waals surface area (Å²) in [4.78, 5) is 33.6. The van der Waals surface area contributed by atoms with Crippen LogP contribution in [0.2, 0.25) is 0 Å². The van der Waals surface area contributed by atoms with Gasteiger partial charge in [0.25, 0.3) is 0 Å². The van der Waals surface area contributed by atoms with Gasteiger partial charge in [0.15, 0.2) is 5.82 Å². The maximum absolute atomic E-state index is 12.6. The second kappa shape index (κ2) is 14.3. The molecule has 2 atom stereocenters. The second-order valence-electron chi connectivity index (χ2n) is 13.9. The van der Waals surface area contributed by atoms with Gasteiger partial charge in [-0.25, -0.2) is 0 Å². The molecule has 2 aromatic carbocycles. The highest BCUT2D eigenvalue weighted by molar-refractivity contribution is 5.81. The van der Waals surface area contributed by atoms with Crippen LogP contribution in [0.3, 0.4) is 0 Å². The van der Waals surface area contributed by atoms with Gasteiger partial charge in [-0.1, -0.05) is 18.2 Å². The molecule has 3 aliphatic heterocycles. The van der Waals surface area contributed by atoms with Gasteiger partial charge in [-0.2, -0.15) is 0 Å². The summed E-state index contributed by atoms with van der Waals surface area (Å²) in [5, 5.41) is 18.9. The lowest BCUT2D eigenvalue weighted by Crippen LogP contribution is -2.54. The summed E-state index contributed by atoms with van der Waals surface area (Å²) in [6, 6.07) is 18.1. The molecule has 1 aromatic heterocycles. The summed E-state index contributed by atoms with van der Waals surface area (Å²) in [5.74, 6) is 1.07. The number of amides is 1. The number of piperazine rings is 2. The van der Waals surface area contributed by atoms with E-state index in [0.717, 1.165) is 62.7 Å². The predicted octanol–water partition coefficient (Wildman–Crippen LogP) is 3.93. The number of ether oxygens (including phenoxy) is 2. The third kappa shape index (κ3) is 7.92. The highest BCUT2D eigenvalue weighted by atomic mass is 16.6. The molecule has 1 amide bonds. The standard InChI is InChI=1S/C36H47N7O5/c1-36(2,3)48-34(46)14-13-33(45)41-17-15-40(16-18-41)19-20-47-28-8-6-7-25(21-28)43-26-11-12-27(43)24-42(23-26)31-22-30(38-39-35(31)37)29-9-4-5-10-32(29)44/h4-10,21-22,26-27,44H,11-20,23-24H2,1-3H3,(H2,37,39). The van der Waals surface area contributed by atoms with Crippen LogP contribution in [0.5, 0.6) is 11.5 Å². The van der Waals surface area contributed by atoms with Gasteiger partial charge >= 0.3 is 5.97 Å². The number of para-hydroxylation sites is 1. The minimum Gasteiger partial charge on any atom is -0.507 e. The number of hydrogen-bond donors (Lipinski definition) is 2. The zero-order valence-electron chi connectivity index (χ0n) is 28.2. The van der Waals surface area contributed by atoms with Crippen molar-refractivity contribution in [2.75, 3.05) is 68.0 Å². The zero-order chi connectivity index (χ0) is 33.8. The molecule has 2 bridgehead atoms. The predicted molar refractivity (Wildman–Crippen MR) is 185 cm³/mol. The first-order valence-corrected chi connectivity index (χ1v) is 16.9. The third-order valence-electron chi connectivity index (χ3n) is 9.28. The average molecular weight is 658 g/mol. The van der Waals surface area contributed by atoms with Gasteiger partial charge in [0.1, 0.15) is 23.7 Å². The van der Waals surface area contributed by atoms with E-state index in [-0.39, 0.29) is 30.5 Å². The number of carbonyl (C=O) groups is 2. The van der Waals surface area contributed by atoms with Crippen molar-refractivity contribution >= 4 is 29.1 Å². The molecule has 6 rings (SSSR count). The molecule has 4 heterocycles. The Morgan fingerprint density at radius 3 is 2.38 bits per heavy atom. The fourth-order valence-corrected chi connectivity index (χ4v) is 6.99. The molecule has 2 unspecified atom stereocenters. The lowest BCUT2D eigenvalue weighted by Gasteiger charge is -2.43. The third-order valence-corrected chi connectivity index (χ3v) is 9.28. The summed E-state index contributed by atoms with van der Waals surface area (Å²) >= 11 is 0. The van der Waals surface area contributed by atoms with E-state index < -0.39 is 5.60 Å². The maximum atomic E-state index is 12.6. The van der Waals surface area contributed by atoms with E-state index in [2.05, 4.69) is 43.1 Å². The average Bonchev–Trinajstić information content (AvgIpc) is 3.33. The second-order valence-corrected chi connectivity index (χ2v) is 13.9. The number of rotatable bonds is 10. The molecule has 3 fully saturated rings. The number of aromatic hydroxyl groups is 1.